The van der Waals surface area contributed by atoms with E-state index in [2.05, 4.69) is 56.5 Å². The van der Waals surface area contributed by atoms with Crippen molar-refractivity contribution < 1.29 is 0 Å². The summed E-state index contributed by atoms with van der Waals surface area (Å²) >= 11 is 1.76. The largest absolute Gasteiger partial charge is 0.383 e. The Morgan fingerprint density at radius 3 is 2.45 bits per heavy atom. The van der Waals surface area contributed by atoms with Crippen LogP contribution in [0.4, 0.5) is 0 Å². The van der Waals surface area contributed by atoms with E-state index in [0.717, 1.165) is 23.3 Å². The molecule has 0 aromatic carbocycles. The molecule has 0 unspecified atom stereocenters. The first-order chi connectivity index (χ1) is 10.2. The Morgan fingerprint density at radius 2 is 2.00 bits per heavy atom. The number of nitrogens with one attached hydrogen (secondary N) is 1. The summed E-state index contributed by atoms with van der Waals surface area (Å²) in [6.07, 6.45) is 4.86. The highest BCUT2D eigenvalue weighted by molar-refractivity contribution is 7.10. The third kappa shape index (κ3) is 4.92. The van der Waals surface area contributed by atoms with Gasteiger partial charge in [0.1, 0.15) is 0 Å². The Kier molecular flexibility index (Phi) is 6.24. The normalized spacial score (nSPS) is 14.1. The molecule has 0 aliphatic carbocycles. The van der Waals surface area contributed by atoms with Gasteiger partial charge in [-0.3, -0.25) is 0 Å². The van der Waals surface area contributed by atoms with E-state index >= 15 is 0 Å². The average Bonchev–Trinajstić information content (AvgIpc) is 2.83. The zero-order valence-corrected chi connectivity index (χ0v) is 15.3. The lowest BCUT2D eigenvalue weighted by molar-refractivity contribution is 0.409. The van der Waals surface area contributed by atoms with Gasteiger partial charge in [-0.15, -0.1) is 17.9 Å². The van der Waals surface area contributed by atoms with Crippen molar-refractivity contribution in [3.63, 3.8) is 0 Å². The molecule has 0 saturated heterocycles. The monoisotopic (exact) mass is 316 g/mol. The quantitative estimate of drug-likeness (QED) is 0.527. The molecular formula is C19H28N2S. The molecule has 22 heavy (non-hydrogen) atoms. The van der Waals surface area contributed by atoms with Gasteiger partial charge in [0.25, 0.3) is 0 Å². The minimum atomic E-state index is -0.176. The first kappa shape index (κ1) is 18.3. The third-order valence-electron chi connectivity index (χ3n) is 3.24. The number of hydrogen-bond acceptors (Lipinski definition) is 3. The highest BCUT2D eigenvalue weighted by Crippen LogP contribution is 2.35. The molecule has 0 saturated carbocycles. The van der Waals surface area contributed by atoms with Crippen molar-refractivity contribution in [2.45, 2.75) is 32.7 Å². The maximum Gasteiger partial charge on any atom is 0.0723 e. The fourth-order valence-corrected chi connectivity index (χ4v) is 3.60. The summed E-state index contributed by atoms with van der Waals surface area (Å²) in [5.41, 5.74) is 4.26. The van der Waals surface area contributed by atoms with E-state index in [-0.39, 0.29) is 5.54 Å². The molecule has 0 amide bonds. The Morgan fingerprint density at radius 1 is 1.36 bits per heavy atom. The van der Waals surface area contributed by atoms with Crippen LogP contribution < -0.4 is 5.32 Å². The highest BCUT2D eigenvalue weighted by atomic mass is 32.1. The second kappa shape index (κ2) is 7.50. The lowest BCUT2D eigenvalue weighted by Crippen LogP contribution is -2.37. The average molecular weight is 317 g/mol. The first-order valence-electron chi connectivity index (χ1n) is 7.36. The third-order valence-corrected chi connectivity index (χ3v) is 4.43. The summed E-state index contributed by atoms with van der Waals surface area (Å²) in [6.45, 7) is 18.3. The van der Waals surface area contributed by atoms with Gasteiger partial charge >= 0.3 is 0 Å². The Bertz CT molecular complexity index is 574. The minimum absolute atomic E-state index is 0.176. The van der Waals surface area contributed by atoms with Crippen LogP contribution in [0.2, 0.25) is 0 Å². The molecule has 0 radical (unpaired) electrons. The number of thiophene rings is 1. The molecule has 1 aromatic rings. The predicted molar refractivity (Wildman–Crippen MR) is 101 cm³/mol. The van der Waals surface area contributed by atoms with Crippen molar-refractivity contribution in [1.82, 2.24) is 10.2 Å². The number of nitrogens with zero attached hydrogens (tertiary/aromatic N) is 1. The molecule has 1 rings (SSSR count). The maximum atomic E-state index is 4.07. The van der Waals surface area contributed by atoms with Crippen molar-refractivity contribution in [2.75, 3.05) is 14.1 Å². The number of rotatable bonds is 8. The van der Waals surface area contributed by atoms with Gasteiger partial charge in [0.05, 0.1) is 5.54 Å². The molecule has 3 heteroatoms. The van der Waals surface area contributed by atoms with Crippen LogP contribution in [0.3, 0.4) is 0 Å². The van der Waals surface area contributed by atoms with Crippen LogP contribution in [0.25, 0.3) is 5.57 Å². The van der Waals surface area contributed by atoms with Crippen molar-refractivity contribution in [2.24, 2.45) is 0 Å². The second-order valence-electron chi connectivity index (χ2n) is 6.32. The molecule has 0 fully saturated rings. The van der Waals surface area contributed by atoms with Crippen LogP contribution in [0.15, 0.2) is 54.7 Å². The van der Waals surface area contributed by atoms with Gasteiger partial charge in [-0.25, -0.2) is 0 Å². The molecule has 0 spiro atoms. The van der Waals surface area contributed by atoms with Crippen molar-refractivity contribution in [3.05, 3.63) is 65.2 Å². The van der Waals surface area contributed by atoms with Gasteiger partial charge in [0, 0.05) is 30.9 Å². The number of hydrogen-bond donors (Lipinski definition) is 1. The van der Waals surface area contributed by atoms with E-state index in [9.17, 15) is 0 Å². The van der Waals surface area contributed by atoms with Crippen LogP contribution in [-0.2, 0) is 5.54 Å². The molecule has 2 nitrogen and oxygen atoms in total. The van der Waals surface area contributed by atoms with Crippen LogP contribution in [-0.4, -0.2) is 19.0 Å². The predicted octanol–water partition coefficient (Wildman–Crippen LogP) is 5.14. The molecule has 1 N–H and O–H groups in total. The second-order valence-corrected chi connectivity index (χ2v) is 7.23. The zero-order valence-electron chi connectivity index (χ0n) is 14.5. The van der Waals surface area contributed by atoms with E-state index in [1.54, 1.807) is 11.3 Å². The summed E-state index contributed by atoms with van der Waals surface area (Å²) in [5, 5.41) is 5.70. The lowest BCUT2D eigenvalue weighted by Gasteiger charge is -2.31. The molecule has 1 heterocycles. The molecule has 0 aliphatic rings. The van der Waals surface area contributed by atoms with Gasteiger partial charge in [-0.1, -0.05) is 24.8 Å². The van der Waals surface area contributed by atoms with Gasteiger partial charge in [-0.05, 0) is 49.8 Å². The van der Waals surface area contributed by atoms with Crippen LogP contribution in [0, 0.1) is 0 Å². The summed E-state index contributed by atoms with van der Waals surface area (Å²) in [6, 6.07) is 2.24. The molecular weight excluding hydrogens is 288 g/mol. The standard InChI is InChI=1S/C19H28N2S/c1-9-16(12-21(7)8)17-10-18(22-13-17)19(6,11-14(2)3)20-15(4)5/h9-10,12-13,20H,1-2,4,11H2,3,5-8H3/b16-12+/t19-/m0/s1. The van der Waals surface area contributed by atoms with Crippen molar-refractivity contribution in [3.8, 4) is 0 Å². The van der Waals surface area contributed by atoms with E-state index in [1.807, 2.05) is 32.0 Å². The zero-order chi connectivity index (χ0) is 16.9. The SMILES string of the molecule is C=C/C(=C\N(C)C)c1csc([C@](C)(CC(=C)C)NC(=C)C)c1. The van der Waals surface area contributed by atoms with Crippen molar-refractivity contribution >= 4 is 16.9 Å². The van der Waals surface area contributed by atoms with Gasteiger partial charge in [0.2, 0.25) is 0 Å². The van der Waals surface area contributed by atoms with Crippen molar-refractivity contribution in [1.29, 1.82) is 0 Å². The minimum Gasteiger partial charge on any atom is -0.383 e. The van der Waals surface area contributed by atoms with Gasteiger partial charge in [0.15, 0.2) is 0 Å². The van der Waals surface area contributed by atoms with Crippen LogP contribution in [0.5, 0.6) is 0 Å². The van der Waals surface area contributed by atoms with Crippen LogP contribution >= 0.6 is 11.3 Å². The van der Waals surface area contributed by atoms with E-state index in [1.165, 1.54) is 10.4 Å². The fourth-order valence-electron chi connectivity index (χ4n) is 2.57. The lowest BCUT2D eigenvalue weighted by atomic mass is 9.91. The first-order valence-corrected chi connectivity index (χ1v) is 8.24. The molecule has 0 aliphatic heterocycles. The number of allylic oxidation sites excluding steroid dienone is 3. The topological polar surface area (TPSA) is 15.3 Å². The van der Waals surface area contributed by atoms with Gasteiger partial charge in [-0.2, -0.15) is 0 Å². The van der Waals surface area contributed by atoms with E-state index in [0.29, 0.717) is 0 Å². The fraction of sp³-hybridized carbons (Fsp3) is 0.368. The highest BCUT2D eigenvalue weighted by Gasteiger charge is 2.28. The van der Waals surface area contributed by atoms with E-state index < -0.39 is 0 Å². The summed E-state index contributed by atoms with van der Waals surface area (Å²) in [4.78, 5) is 3.31. The van der Waals surface area contributed by atoms with Gasteiger partial charge < -0.3 is 10.2 Å². The Balaban J connectivity index is 3.21. The summed E-state index contributed by atoms with van der Waals surface area (Å²) in [7, 11) is 4.04. The van der Waals surface area contributed by atoms with Crippen LogP contribution in [0.1, 0.15) is 37.6 Å². The molecule has 1 aromatic heterocycles. The maximum absolute atomic E-state index is 4.07. The molecule has 0 bridgehead atoms. The smallest absolute Gasteiger partial charge is 0.0723 e. The summed E-state index contributed by atoms with van der Waals surface area (Å²) in [5.74, 6) is 0. The molecule has 1 atom stereocenters. The van der Waals surface area contributed by atoms with E-state index in [4.69, 9.17) is 0 Å². The summed E-state index contributed by atoms with van der Waals surface area (Å²) < 4.78 is 0. The Hall–Kier alpha value is -1.74. The Labute approximate surface area is 139 Å². The molecule has 120 valence electrons.